The number of nitrogens with zero attached hydrogens (tertiary/aromatic N) is 7. The summed E-state index contributed by atoms with van der Waals surface area (Å²) in [7, 11) is 0. The summed E-state index contributed by atoms with van der Waals surface area (Å²) < 4.78 is 8.92. The van der Waals surface area contributed by atoms with Gasteiger partial charge in [-0.05, 0) is 62.7 Å². The number of likely N-dealkylation sites (tertiary alicyclic amines) is 1. The van der Waals surface area contributed by atoms with Crippen LogP contribution >= 0.6 is 0 Å². The van der Waals surface area contributed by atoms with Gasteiger partial charge < -0.3 is 20.7 Å². The molecule has 4 heterocycles. The summed E-state index contributed by atoms with van der Waals surface area (Å²) in [4.78, 5) is 40.0. The van der Waals surface area contributed by atoms with Crippen molar-refractivity contribution in [1.29, 1.82) is 5.26 Å². The zero-order chi connectivity index (χ0) is 30.8. The van der Waals surface area contributed by atoms with Crippen LogP contribution < -0.4 is 21.5 Å². The molecule has 44 heavy (non-hydrogen) atoms. The molecule has 2 aliphatic heterocycles. The highest BCUT2D eigenvalue weighted by Gasteiger charge is 2.37. The van der Waals surface area contributed by atoms with E-state index >= 15 is 0 Å². The lowest BCUT2D eigenvalue weighted by Gasteiger charge is -2.42. The van der Waals surface area contributed by atoms with Crippen molar-refractivity contribution in [2.75, 3.05) is 38.5 Å². The molecule has 0 spiro atoms. The molecule has 0 unspecified atom stereocenters. The van der Waals surface area contributed by atoms with Crippen molar-refractivity contribution in [2.45, 2.75) is 38.4 Å². The molecule has 2 aliphatic rings. The average Bonchev–Trinajstić information content (AvgIpc) is 3.31. The first-order chi connectivity index (χ1) is 21.3. The van der Waals surface area contributed by atoms with Gasteiger partial charge in [-0.25, -0.2) is 14.8 Å². The third-order valence-electron chi connectivity index (χ3n) is 8.39. The fraction of sp³-hybridized carbons (Fsp3) is 0.344. The number of nitrogens with one attached hydrogen (secondary N) is 1. The van der Waals surface area contributed by atoms with E-state index in [1.807, 2.05) is 44.2 Å². The van der Waals surface area contributed by atoms with Crippen molar-refractivity contribution in [3.63, 3.8) is 0 Å². The van der Waals surface area contributed by atoms with E-state index in [9.17, 15) is 14.9 Å². The molecule has 2 aromatic carbocycles. The van der Waals surface area contributed by atoms with Gasteiger partial charge in [0, 0.05) is 44.8 Å². The Hall–Kier alpha value is -4.99. The minimum absolute atomic E-state index is 0.109. The van der Waals surface area contributed by atoms with Gasteiger partial charge in [0.2, 0.25) is 0 Å². The SMILES string of the molecule is CC(C)(/C=C(/C#N)C(=O)N1CC[C@H]1Cn1c(=O)n(-c2ccc(Oc3ccccc3)cc2)c2c(N)ncnc21)N1CCNCC1. The van der Waals surface area contributed by atoms with Gasteiger partial charge in [-0.2, -0.15) is 5.26 Å². The lowest BCUT2D eigenvalue weighted by Crippen LogP contribution is -2.55. The maximum absolute atomic E-state index is 13.9. The van der Waals surface area contributed by atoms with Crippen LogP contribution in [0.4, 0.5) is 5.82 Å². The molecule has 1 amide bonds. The van der Waals surface area contributed by atoms with E-state index in [0.29, 0.717) is 41.3 Å². The number of nitrogens with two attached hydrogens (primary N) is 1. The molecule has 12 heteroatoms. The van der Waals surface area contributed by atoms with Crippen molar-refractivity contribution in [3.8, 4) is 23.3 Å². The zero-order valence-corrected chi connectivity index (χ0v) is 24.8. The van der Waals surface area contributed by atoms with Crippen LogP contribution in [-0.2, 0) is 11.3 Å². The maximum atomic E-state index is 13.9. The third kappa shape index (κ3) is 5.55. The number of fused-ring (bicyclic) bond motifs is 1. The molecule has 4 aromatic rings. The van der Waals surface area contributed by atoms with E-state index in [-0.39, 0.29) is 35.6 Å². The highest BCUT2D eigenvalue weighted by atomic mass is 16.5. The number of hydrogen-bond acceptors (Lipinski definition) is 9. The molecular formula is C32H35N9O3. The summed E-state index contributed by atoms with van der Waals surface area (Å²) in [5.41, 5.74) is 6.92. The van der Waals surface area contributed by atoms with Gasteiger partial charge in [-0.1, -0.05) is 18.2 Å². The van der Waals surface area contributed by atoms with Crippen molar-refractivity contribution < 1.29 is 9.53 Å². The van der Waals surface area contributed by atoms with Gasteiger partial charge >= 0.3 is 5.69 Å². The number of nitrogen functional groups attached to an aromatic ring is 1. The van der Waals surface area contributed by atoms with Crippen LogP contribution in [0.25, 0.3) is 16.9 Å². The van der Waals surface area contributed by atoms with Gasteiger partial charge in [-0.15, -0.1) is 0 Å². The largest absolute Gasteiger partial charge is 0.457 e. The number of ether oxygens (including phenoxy) is 1. The number of para-hydroxylation sites is 1. The highest BCUT2D eigenvalue weighted by molar-refractivity contribution is 5.98. The normalized spacial score (nSPS) is 17.7. The number of hydrogen-bond donors (Lipinski definition) is 2. The molecule has 226 valence electrons. The summed E-state index contributed by atoms with van der Waals surface area (Å²) in [6.07, 6.45) is 3.79. The van der Waals surface area contributed by atoms with Crippen LogP contribution in [0, 0.1) is 11.3 Å². The number of anilines is 1. The Labute approximate surface area is 255 Å². The molecule has 0 bridgehead atoms. The minimum atomic E-state index is -0.455. The monoisotopic (exact) mass is 593 g/mol. The third-order valence-corrected chi connectivity index (χ3v) is 8.39. The fourth-order valence-corrected chi connectivity index (χ4v) is 5.88. The Morgan fingerprint density at radius 3 is 2.45 bits per heavy atom. The smallest absolute Gasteiger partial charge is 0.335 e. The molecule has 2 saturated heterocycles. The summed E-state index contributed by atoms with van der Waals surface area (Å²) in [6.45, 7) is 8.16. The van der Waals surface area contributed by atoms with E-state index in [1.54, 1.807) is 35.2 Å². The second-order valence-corrected chi connectivity index (χ2v) is 11.6. The van der Waals surface area contributed by atoms with E-state index in [0.717, 1.165) is 26.2 Å². The molecular weight excluding hydrogens is 558 g/mol. The summed E-state index contributed by atoms with van der Waals surface area (Å²) in [5, 5.41) is 13.3. The molecule has 0 radical (unpaired) electrons. The van der Waals surface area contributed by atoms with Crippen molar-refractivity contribution in [3.05, 3.63) is 83.1 Å². The van der Waals surface area contributed by atoms with Crippen molar-refractivity contribution in [2.24, 2.45) is 0 Å². The Balaban J connectivity index is 1.26. The Morgan fingerprint density at radius 2 is 1.80 bits per heavy atom. The van der Waals surface area contributed by atoms with Gasteiger partial charge in [0.15, 0.2) is 11.5 Å². The number of carbonyl (C=O) groups is 1. The maximum Gasteiger partial charge on any atom is 0.335 e. The number of carbonyl (C=O) groups excluding carboxylic acids is 1. The Bertz CT molecular complexity index is 1800. The number of rotatable bonds is 8. The standard InChI is InChI=1S/C32H35N9O3/c1-32(2,38-16-13-35-14-17-38)18-22(19-33)30(42)39-15-12-24(39)20-40-29-27(28(34)36-21-37-29)41(31(40)43)23-8-10-26(11-9-23)44-25-6-4-3-5-7-25/h3-11,18,21,24,35H,12-17,20H2,1-2H3,(H2,34,36,37)/b22-18-/t24-/m0/s1. The number of nitriles is 1. The number of aromatic nitrogens is 4. The Kier molecular flexibility index (Phi) is 7.90. The molecule has 0 aliphatic carbocycles. The van der Waals surface area contributed by atoms with E-state index in [2.05, 4.69) is 26.3 Å². The van der Waals surface area contributed by atoms with Gasteiger partial charge in [-0.3, -0.25) is 18.8 Å². The topological polar surface area (TPSA) is 147 Å². The molecule has 3 N–H and O–H groups in total. The first-order valence-corrected chi connectivity index (χ1v) is 14.7. The molecule has 2 fully saturated rings. The average molecular weight is 594 g/mol. The lowest BCUT2D eigenvalue weighted by molar-refractivity contribution is -0.134. The van der Waals surface area contributed by atoms with E-state index in [4.69, 9.17) is 10.5 Å². The minimum Gasteiger partial charge on any atom is -0.457 e. The fourth-order valence-electron chi connectivity index (χ4n) is 5.88. The van der Waals surface area contributed by atoms with Crippen LogP contribution in [0.1, 0.15) is 20.3 Å². The first kappa shape index (κ1) is 29.1. The molecule has 6 rings (SSSR count). The summed E-state index contributed by atoms with van der Waals surface area (Å²) in [6, 6.07) is 18.4. The summed E-state index contributed by atoms with van der Waals surface area (Å²) >= 11 is 0. The Morgan fingerprint density at radius 1 is 1.09 bits per heavy atom. The zero-order valence-electron chi connectivity index (χ0n) is 24.8. The van der Waals surface area contributed by atoms with Crippen LogP contribution in [-0.4, -0.2) is 79.1 Å². The molecule has 12 nitrogen and oxygen atoms in total. The van der Waals surface area contributed by atoms with Crippen molar-refractivity contribution in [1.82, 2.24) is 34.2 Å². The van der Waals surface area contributed by atoms with Crippen LogP contribution in [0.15, 0.2) is 77.4 Å². The number of amides is 1. The van der Waals surface area contributed by atoms with Crippen LogP contribution in [0.2, 0.25) is 0 Å². The second-order valence-electron chi connectivity index (χ2n) is 11.6. The highest BCUT2D eigenvalue weighted by Crippen LogP contribution is 2.28. The number of benzene rings is 2. The van der Waals surface area contributed by atoms with E-state index < -0.39 is 5.54 Å². The quantitative estimate of drug-likeness (QED) is 0.232. The molecule has 0 saturated carbocycles. The number of imidazole rings is 1. The second kappa shape index (κ2) is 11.9. The van der Waals surface area contributed by atoms with Crippen LogP contribution in [0.3, 0.4) is 0 Å². The van der Waals surface area contributed by atoms with Crippen LogP contribution in [0.5, 0.6) is 11.5 Å². The predicted molar refractivity (Wildman–Crippen MR) is 166 cm³/mol. The lowest BCUT2D eigenvalue weighted by atomic mass is 9.95. The predicted octanol–water partition coefficient (Wildman–Crippen LogP) is 2.69. The van der Waals surface area contributed by atoms with Gasteiger partial charge in [0.1, 0.15) is 35.0 Å². The summed E-state index contributed by atoms with van der Waals surface area (Å²) in [5.74, 6) is 1.16. The van der Waals surface area contributed by atoms with Gasteiger partial charge in [0.05, 0.1) is 11.7 Å². The van der Waals surface area contributed by atoms with E-state index in [1.165, 1.54) is 15.5 Å². The molecule has 1 atom stereocenters. The van der Waals surface area contributed by atoms with Crippen molar-refractivity contribution >= 4 is 22.9 Å². The molecule has 2 aromatic heterocycles. The number of piperazine rings is 1. The van der Waals surface area contributed by atoms with Gasteiger partial charge in [0.25, 0.3) is 5.91 Å². The first-order valence-electron chi connectivity index (χ1n) is 14.7.